The summed E-state index contributed by atoms with van der Waals surface area (Å²) in [6.45, 7) is 6.73. The molecule has 5 nitrogen and oxygen atoms in total. The van der Waals surface area contributed by atoms with Crippen molar-refractivity contribution in [3.05, 3.63) is 0 Å². The van der Waals surface area contributed by atoms with Gasteiger partial charge in [0.05, 0.1) is 6.42 Å². The molecule has 1 saturated heterocycles. The third-order valence-corrected chi connectivity index (χ3v) is 2.16. The number of ether oxygens (including phenoxy) is 1. The highest BCUT2D eigenvalue weighted by Crippen LogP contribution is 2.08. The molecule has 0 saturated carbocycles. The third-order valence-electron chi connectivity index (χ3n) is 2.16. The molecule has 1 unspecified atom stereocenters. The van der Waals surface area contributed by atoms with Crippen molar-refractivity contribution in [3.63, 3.8) is 0 Å². The Balaban J connectivity index is 2.11. The van der Waals surface area contributed by atoms with Crippen LogP contribution in [-0.4, -0.2) is 36.6 Å². The van der Waals surface area contributed by atoms with Gasteiger partial charge in [-0.25, -0.2) is 0 Å². The zero-order chi connectivity index (χ0) is 12.2. The molecule has 0 aromatic rings. The quantitative estimate of drug-likeness (QED) is 0.674. The Labute approximate surface area is 95.9 Å². The minimum absolute atomic E-state index is 0.0646. The predicted molar refractivity (Wildman–Crippen MR) is 59.9 cm³/mol. The van der Waals surface area contributed by atoms with E-state index in [4.69, 9.17) is 4.74 Å². The molecular formula is C11H20N2O3. The van der Waals surface area contributed by atoms with Crippen LogP contribution in [0.25, 0.3) is 0 Å². The highest BCUT2D eigenvalue weighted by atomic mass is 16.6. The number of nitrogens with one attached hydrogen (secondary N) is 2. The lowest BCUT2D eigenvalue weighted by molar-refractivity contribution is -0.154. The van der Waals surface area contributed by atoms with E-state index in [1.165, 1.54) is 0 Å². The maximum atomic E-state index is 11.4. The van der Waals surface area contributed by atoms with Gasteiger partial charge in [-0.05, 0) is 20.8 Å². The molecule has 1 rings (SSSR count). The SMILES string of the molecule is CC(C)(C)OC(=O)CCNC1CNC(=O)C1. The molecule has 16 heavy (non-hydrogen) atoms. The molecule has 0 aliphatic carbocycles. The minimum atomic E-state index is -0.429. The van der Waals surface area contributed by atoms with Crippen LogP contribution in [0.4, 0.5) is 0 Å². The van der Waals surface area contributed by atoms with Crippen LogP contribution < -0.4 is 10.6 Å². The van der Waals surface area contributed by atoms with E-state index < -0.39 is 5.60 Å². The van der Waals surface area contributed by atoms with E-state index in [0.29, 0.717) is 25.9 Å². The van der Waals surface area contributed by atoms with Crippen LogP contribution in [0.15, 0.2) is 0 Å². The van der Waals surface area contributed by atoms with Crippen molar-refractivity contribution < 1.29 is 14.3 Å². The Morgan fingerprint density at radius 1 is 1.56 bits per heavy atom. The van der Waals surface area contributed by atoms with Gasteiger partial charge in [-0.2, -0.15) is 0 Å². The number of carbonyl (C=O) groups is 2. The summed E-state index contributed by atoms with van der Waals surface area (Å²) in [5, 5.41) is 5.87. The fraction of sp³-hybridized carbons (Fsp3) is 0.818. The van der Waals surface area contributed by atoms with Gasteiger partial charge in [0, 0.05) is 25.6 Å². The van der Waals surface area contributed by atoms with Gasteiger partial charge in [0.15, 0.2) is 0 Å². The highest BCUT2D eigenvalue weighted by molar-refractivity contribution is 5.78. The predicted octanol–water partition coefficient (Wildman–Crippen LogP) is 0.196. The molecule has 2 N–H and O–H groups in total. The lowest BCUT2D eigenvalue weighted by Gasteiger charge is -2.19. The first-order chi connectivity index (χ1) is 7.37. The van der Waals surface area contributed by atoms with E-state index >= 15 is 0 Å². The number of esters is 1. The lowest BCUT2D eigenvalue weighted by Crippen LogP contribution is -2.33. The zero-order valence-corrected chi connectivity index (χ0v) is 10.1. The van der Waals surface area contributed by atoms with Gasteiger partial charge < -0.3 is 15.4 Å². The Morgan fingerprint density at radius 3 is 2.75 bits per heavy atom. The Morgan fingerprint density at radius 2 is 2.25 bits per heavy atom. The molecule has 1 aliphatic rings. The fourth-order valence-corrected chi connectivity index (χ4v) is 1.52. The van der Waals surface area contributed by atoms with Crippen molar-refractivity contribution in [3.8, 4) is 0 Å². The molecule has 0 radical (unpaired) electrons. The molecule has 1 fully saturated rings. The van der Waals surface area contributed by atoms with Crippen LogP contribution in [0.5, 0.6) is 0 Å². The van der Waals surface area contributed by atoms with Crippen molar-refractivity contribution in [2.24, 2.45) is 0 Å². The second-order valence-corrected chi connectivity index (χ2v) is 5.00. The van der Waals surface area contributed by atoms with Crippen molar-refractivity contribution >= 4 is 11.9 Å². The zero-order valence-electron chi connectivity index (χ0n) is 10.1. The molecule has 92 valence electrons. The summed E-state index contributed by atoms with van der Waals surface area (Å²) in [6.07, 6.45) is 0.830. The fourth-order valence-electron chi connectivity index (χ4n) is 1.52. The number of amides is 1. The normalized spacial score (nSPS) is 20.7. The number of carbonyl (C=O) groups excluding carboxylic acids is 2. The average Bonchev–Trinajstić information content (AvgIpc) is 2.48. The smallest absolute Gasteiger partial charge is 0.307 e. The molecule has 5 heteroatoms. The highest BCUT2D eigenvalue weighted by Gasteiger charge is 2.21. The molecule has 0 aromatic heterocycles. The molecule has 1 heterocycles. The molecule has 1 atom stereocenters. The molecular weight excluding hydrogens is 208 g/mol. The third kappa shape index (κ3) is 5.11. The molecule has 0 bridgehead atoms. The molecule has 1 amide bonds. The summed E-state index contributed by atoms with van der Waals surface area (Å²) < 4.78 is 5.16. The first kappa shape index (κ1) is 13.0. The number of rotatable bonds is 4. The summed E-state index contributed by atoms with van der Waals surface area (Å²) in [6, 6.07) is 0.148. The average molecular weight is 228 g/mol. The van der Waals surface area contributed by atoms with Crippen molar-refractivity contribution in [2.75, 3.05) is 13.1 Å². The van der Waals surface area contributed by atoms with E-state index in [1.54, 1.807) is 0 Å². The summed E-state index contributed by atoms with van der Waals surface area (Å²) >= 11 is 0. The Bertz CT molecular complexity index is 271. The summed E-state index contributed by atoms with van der Waals surface area (Å²) in [5.74, 6) is -0.146. The van der Waals surface area contributed by atoms with Gasteiger partial charge in [-0.3, -0.25) is 9.59 Å². The standard InChI is InChI=1S/C11H20N2O3/c1-11(2,3)16-10(15)4-5-12-8-6-9(14)13-7-8/h8,12H,4-7H2,1-3H3,(H,13,14). The number of hydrogen-bond acceptors (Lipinski definition) is 4. The van der Waals surface area contributed by atoms with Gasteiger partial charge in [0.1, 0.15) is 5.60 Å². The van der Waals surface area contributed by atoms with E-state index in [1.807, 2.05) is 20.8 Å². The Kier molecular flexibility index (Phi) is 4.29. The van der Waals surface area contributed by atoms with Crippen LogP contribution in [0, 0.1) is 0 Å². The summed E-state index contributed by atoms with van der Waals surface area (Å²) in [7, 11) is 0. The van der Waals surface area contributed by atoms with E-state index in [-0.39, 0.29) is 17.9 Å². The largest absolute Gasteiger partial charge is 0.460 e. The minimum Gasteiger partial charge on any atom is -0.460 e. The van der Waals surface area contributed by atoms with Gasteiger partial charge in [-0.15, -0.1) is 0 Å². The molecule has 0 spiro atoms. The van der Waals surface area contributed by atoms with Crippen molar-refractivity contribution in [1.29, 1.82) is 0 Å². The van der Waals surface area contributed by atoms with Crippen LogP contribution in [0.1, 0.15) is 33.6 Å². The second kappa shape index (κ2) is 5.30. The van der Waals surface area contributed by atoms with Crippen LogP contribution >= 0.6 is 0 Å². The van der Waals surface area contributed by atoms with E-state index in [0.717, 1.165) is 0 Å². The summed E-state index contributed by atoms with van der Waals surface area (Å²) in [5.41, 5.74) is -0.429. The second-order valence-electron chi connectivity index (χ2n) is 5.00. The first-order valence-electron chi connectivity index (χ1n) is 5.59. The molecule has 1 aliphatic heterocycles. The van der Waals surface area contributed by atoms with Crippen LogP contribution in [0.3, 0.4) is 0 Å². The van der Waals surface area contributed by atoms with Gasteiger partial charge in [0.2, 0.25) is 5.91 Å². The van der Waals surface area contributed by atoms with E-state index in [2.05, 4.69) is 10.6 Å². The van der Waals surface area contributed by atoms with Crippen molar-refractivity contribution in [1.82, 2.24) is 10.6 Å². The van der Waals surface area contributed by atoms with Gasteiger partial charge in [0.25, 0.3) is 0 Å². The maximum Gasteiger partial charge on any atom is 0.307 e. The topological polar surface area (TPSA) is 67.4 Å². The van der Waals surface area contributed by atoms with Crippen LogP contribution in [-0.2, 0) is 14.3 Å². The van der Waals surface area contributed by atoms with Gasteiger partial charge >= 0.3 is 5.97 Å². The monoisotopic (exact) mass is 228 g/mol. The van der Waals surface area contributed by atoms with Gasteiger partial charge in [-0.1, -0.05) is 0 Å². The summed E-state index contributed by atoms with van der Waals surface area (Å²) in [4.78, 5) is 22.2. The first-order valence-corrected chi connectivity index (χ1v) is 5.59. The maximum absolute atomic E-state index is 11.4. The van der Waals surface area contributed by atoms with E-state index in [9.17, 15) is 9.59 Å². The van der Waals surface area contributed by atoms with Crippen LogP contribution in [0.2, 0.25) is 0 Å². The lowest BCUT2D eigenvalue weighted by atomic mass is 10.2. The Hall–Kier alpha value is -1.10. The molecule has 0 aromatic carbocycles. The van der Waals surface area contributed by atoms with Crippen molar-refractivity contribution in [2.45, 2.75) is 45.3 Å². The number of hydrogen-bond donors (Lipinski definition) is 2.